The van der Waals surface area contributed by atoms with Gasteiger partial charge in [0.15, 0.2) is 0 Å². The lowest BCUT2D eigenvalue weighted by Gasteiger charge is -2.26. The van der Waals surface area contributed by atoms with Crippen LogP contribution in [0.25, 0.3) is 0 Å². The number of hydrogen-bond donors (Lipinski definition) is 2. The molecule has 0 aromatic heterocycles. The summed E-state index contributed by atoms with van der Waals surface area (Å²) in [5.41, 5.74) is 4.85. The minimum atomic E-state index is -0.986. The van der Waals surface area contributed by atoms with Gasteiger partial charge in [-0.3, -0.25) is 4.90 Å². The van der Waals surface area contributed by atoms with E-state index in [4.69, 9.17) is 15.6 Å². The van der Waals surface area contributed by atoms with Crippen molar-refractivity contribution in [2.75, 3.05) is 13.1 Å². The molecule has 2 atom stereocenters. The number of carboxylic acid groups (broad SMARTS) is 1. The highest BCUT2D eigenvalue weighted by atomic mass is 16.6. The number of carbonyl (C=O) groups excluding carboxylic acids is 1. The highest BCUT2D eigenvalue weighted by Crippen LogP contribution is 2.27. The molecule has 0 bridgehead atoms. The highest BCUT2D eigenvalue weighted by Gasteiger charge is 2.41. The molecule has 0 aromatic rings. The third-order valence-corrected chi connectivity index (χ3v) is 2.88. The topological polar surface area (TPSA) is 92.9 Å². The molecule has 0 aliphatic carbocycles. The number of amides is 1. The standard InChI is InChI=1S/C12H22N2O4/c1-12(2,3)18-11(17)14-7-8(4-5-13)6-9(14)10(15)16/h8-9H,4-7,13H2,1-3H3,(H,15,16). The Kier molecular flexibility index (Phi) is 4.56. The van der Waals surface area contributed by atoms with Gasteiger partial charge in [-0.15, -0.1) is 0 Å². The molecule has 18 heavy (non-hydrogen) atoms. The molecule has 1 aliphatic heterocycles. The van der Waals surface area contributed by atoms with Crippen LogP contribution >= 0.6 is 0 Å². The van der Waals surface area contributed by atoms with Gasteiger partial charge in [0, 0.05) is 6.54 Å². The number of nitrogens with two attached hydrogens (primary N) is 1. The first-order chi connectivity index (χ1) is 8.24. The van der Waals surface area contributed by atoms with E-state index in [1.165, 1.54) is 4.90 Å². The summed E-state index contributed by atoms with van der Waals surface area (Å²) >= 11 is 0. The second-order valence-corrected chi connectivity index (χ2v) is 5.67. The number of hydrogen-bond acceptors (Lipinski definition) is 4. The Morgan fingerprint density at radius 1 is 1.44 bits per heavy atom. The van der Waals surface area contributed by atoms with Gasteiger partial charge in [0.2, 0.25) is 0 Å². The van der Waals surface area contributed by atoms with E-state index in [-0.39, 0.29) is 5.92 Å². The highest BCUT2D eigenvalue weighted by molar-refractivity contribution is 5.80. The zero-order valence-electron chi connectivity index (χ0n) is 11.2. The van der Waals surface area contributed by atoms with Crippen LogP contribution in [0.4, 0.5) is 4.79 Å². The molecule has 1 saturated heterocycles. The van der Waals surface area contributed by atoms with Gasteiger partial charge in [-0.1, -0.05) is 0 Å². The van der Waals surface area contributed by atoms with Gasteiger partial charge < -0.3 is 15.6 Å². The summed E-state index contributed by atoms with van der Waals surface area (Å²) in [6.45, 7) is 6.18. The molecule has 1 amide bonds. The van der Waals surface area contributed by atoms with Gasteiger partial charge >= 0.3 is 12.1 Å². The molecule has 0 spiro atoms. The average Bonchev–Trinajstić information content (AvgIpc) is 2.59. The first-order valence-electron chi connectivity index (χ1n) is 6.17. The van der Waals surface area contributed by atoms with Crippen LogP contribution < -0.4 is 5.73 Å². The predicted octanol–water partition coefficient (Wildman–Crippen LogP) is 1.05. The molecule has 2 unspecified atom stereocenters. The maximum absolute atomic E-state index is 11.9. The Morgan fingerprint density at radius 2 is 2.06 bits per heavy atom. The van der Waals surface area contributed by atoms with Crippen LogP contribution in [0, 0.1) is 5.92 Å². The van der Waals surface area contributed by atoms with Gasteiger partial charge in [0.1, 0.15) is 11.6 Å². The Labute approximate surface area is 107 Å². The van der Waals surface area contributed by atoms with Crippen molar-refractivity contribution in [2.24, 2.45) is 11.7 Å². The van der Waals surface area contributed by atoms with Crippen LogP contribution in [-0.2, 0) is 9.53 Å². The summed E-state index contributed by atoms with van der Waals surface area (Å²) in [4.78, 5) is 24.4. The van der Waals surface area contributed by atoms with Crippen LogP contribution in [0.15, 0.2) is 0 Å². The maximum Gasteiger partial charge on any atom is 0.411 e. The Balaban J connectivity index is 2.72. The summed E-state index contributed by atoms with van der Waals surface area (Å²) in [5, 5.41) is 9.14. The quantitative estimate of drug-likeness (QED) is 0.789. The second-order valence-electron chi connectivity index (χ2n) is 5.67. The van der Waals surface area contributed by atoms with Crippen molar-refractivity contribution in [1.82, 2.24) is 4.90 Å². The van der Waals surface area contributed by atoms with Gasteiger partial charge in [0.05, 0.1) is 0 Å². The fourth-order valence-corrected chi connectivity index (χ4v) is 2.12. The number of nitrogens with zero attached hydrogens (tertiary/aromatic N) is 1. The zero-order valence-corrected chi connectivity index (χ0v) is 11.2. The molecule has 0 aromatic carbocycles. The van der Waals surface area contributed by atoms with Crippen molar-refractivity contribution in [1.29, 1.82) is 0 Å². The predicted molar refractivity (Wildman–Crippen MR) is 66.1 cm³/mol. The van der Waals surface area contributed by atoms with Crippen LogP contribution in [0.2, 0.25) is 0 Å². The van der Waals surface area contributed by atoms with Crippen LogP contribution in [-0.4, -0.2) is 46.8 Å². The molecule has 104 valence electrons. The van der Waals surface area contributed by atoms with Gasteiger partial charge in [0.25, 0.3) is 0 Å². The molecular weight excluding hydrogens is 236 g/mol. The third kappa shape index (κ3) is 3.87. The first-order valence-corrected chi connectivity index (χ1v) is 6.17. The maximum atomic E-state index is 11.9. The van der Waals surface area contributed by atoms with Crippen LogP contribution in [0.3, 0.4) is 0 Å². The molecule has 6 nitrogen and oxygen atoms in total. The zero-order chi connectivity index (χ0) is 13.9. The number of carbonyl (C=O) groups is 2. The van der Waals surface area contributed by atoms with Crippen molar-refractivity contribution in [3.05, 3.63) is 0 Å². The smallest absolute Gasteiger partial charge is 0.411 e. The fourth-order valence-electron chi connectivity index (χ4n) is 2.12. The second kappa shape index (κ2) is 5.56. The van der Waals surface area contributed by atoms with E-state index < -0.39 is 23.7 Å². The molecule has 1 heterocycles. The molecule has 0 saturated carbocycles. The van der Waals surface area contributed by atoms with E-state index >= 15 is 0 Å². The van der Waals surface area contributed by atoms with Crippen molar-refractivity contribution < 1.29 is 19.4 Å². The van der Waals surface area contributed by atoms with Crippen molar-refractivity contribution in [3.8, 4) is 0 Å². The number of ether oxygens (including phenoxy) is 1. The van der Waals surface area contributed by atoms with E-state index in [1.807, 2.05) is 0 Å². The molecular formula is C12H22N2O4. The lowest BCUT2D eigenvalue weighted by molar-refractivity contribution is -0.142. The van der Waals surface area contributed by atoms with E-state index in [2.05, 4.69) is 0 Å². The molecule has 1 rings (SSSR count). The monoisotopic (exact) mass is 258 g/mol. The van der Waals surface area contributed by atoms with E-state index in [0.717, 1.165) is 6.42 Å². The lowest BCUT2D eigenvalue weighted by Crippen LogP contribution is -2.43. The molecule has 1 fully saturated rings. The van der Waals surface area contributed by atoms with Crippen molar-refractivity contribution in [3.63, 3.8) is 0 Å². The first kappa shape index (κ1) is 14.8. The van der Waals surface area contributed by atoms with E-state index in [9.17, 15) is 9.59 Å². The summed E-state index contributed by atoms with van der Waals surface area (Å²) in [5.74, 6) is -0.844. The van der Waals surface area contributed by atoms with Crippen molar-refractivity contribution >= 4 is 12.1 Å². The Morgan fingerprint density at radius 3 is 2.50 bits per heavy atom. The minimum absolute atomic E-state index is 0.142. The summed E-state index contributed by atoms with van der Waals surface area (Å²) in [6.07, 6.45) is 0.615. The number of aliphatic carboxylic acids is 1. The SMILES string of the molecule is CC(C)(C)OC(=O)N1CC(CCN)CC1C(=O)O. The molecule has 0 radical (unpaired) electrons. The Hall–Kier alpha value is -1.30. The van der Waals surface area contributed by atoms with Crippen molar-refractivity contribution in [2.45, 2.75) is 45.3 Å². The fraction of sp³-hybridized carbons (Fsp3) is 0.833. The molecule has 6 heteroatoms. The minimum Gasteiger partial charge on any atom is -0.480 e. The Bertz CT molecular complexity index is 325. The molecule has 1 aliphatic rings. The van der Waals surface area contributed by atoms with Crippen LogP contribution in [0.1, 0.15) is 33.6 Å². The van der Waals surface area contributed by atoms with Gasteiger partial charge in [-0.25, -0.2) is 9.59 Å². The lowest BCUT2D eigenvalue weighted by atomic mass is 10.0. The molecule has 3 N–H and O–H groups in total. The summed E-state index contributed by atoms with van der Waals surface area (Å²) < 4.78 is 5.22. The van der Waals surface area contributed by atoms with Gasteiger partial charge in [-0.2, -0.15) is 0 Å². The third-order valence-electron chi connectivity index (χ3n) is 2.88. The van der Waals surface area contributed by atoms with Gasteiger partial charge in [-0.05, 0) is 46.1 Å². The number of rotatable bonds is 3. The average molecular weight is 258 g/mol. The summed E-state index contributed by atoms with van der Waals surface area (Å²) in [7, 11) is 0. The number of likely N-dealkylation sites (tertiary alicyclic amines) is 1. The summed E-state index contributed by atoms with van der Waals surface area (Å²) in [6, 6.07) is -0.795. The van der Waals surface area contributed by atoms with E-state index in [0.29, 0.717) is 19.5 Å². The normalized spacial score (nSPS) is 24.1. The van der Waals surface area contributed by atoms with Crippen LogP contribution in [0.5, 0.6) is 0 Å². The van der Waals surface area contributed by atoms with E-state index in [1.54, 1.807) is 20.8 Å². The largest absolute Gasteiger partial charge is 0.480 e. The number of carboxylic acids is 1.